The summed E-state index contributed by atoms with van der Waals surface area (Å²) < 4.78 is 0. The molecule has 2 atom stereocenters. The van der Waals surface area contributed by atoms with Crippen LogP contribution in [-0.2, 0) is 4.79 Å². The Hall–Kier alpha value is -1.08. The van der Waals surface area contributed by atoms with Crippen LogP contribution in [0.15, 0.2) is 0 Å². The van der Waals surface area contributed by atoms with E-state index >= 15 is 0 Å². The second-order valence-corrected chi connectivity index (χ2v) is 4.71. The van der Waals surface area contributed by atoms with E-state index < -0.39 is 5.41 Å². The van der Waals surface area contributed by atoms with Crippen molar-refractivity contribution in [1.29, 1.82) is 5.26 Å². The lowest BCUT2D eigenvalue weighted by molar-refractivity contribution is -0.141. The summed E-state index contributed by atoms with van der Waals surface area (Å²) in [6.07, 6.45) is 3.22. The third kappa shape index (κ3) is 2.35. The van der Waals surface area contributed by atoms with E-state index in [1.165, 1.54) is 0 Å². The summed E-state index contributed by atoms with van der Waals surface area (Å²) in [5, 5.41) is 8.56. The Morgan fingerprint density at radius 1 is 1.69 bits per heavy atom. The number of rotatable bonds is 4. The van der Waals surface area contributed by atoms with Gasteiger partial charge in [-0.05, 0) is 26.7 Å². The van der Waals surface area contributed by atoms with Gasteiger partial charge in [-0.15, -0.1) is 0 Å². The lowest BCUT2D eigenvalue weighted by Gasteiger charge is -2.33. The van der Waals surface area contributed by atoms with Gasteiger partial charge in [-0.25, -0.2) is 0 Å². The number of nitrogens with zero attached hydrogens (tertiary/aromatic N) is 2. The number of carbonyl (C=O) groups is 1. The molecule has 4 heteroatoms. The van der Waals surface area contributed by atoms with Gasteiger partial charge in [-0.3, -0.25) is 4.79 Å². The van der Waals surface area contributed by atoms with Gasteiger partial charge in [0, 0.05) is 19.1 Å². The second-order valence-electron chi connectivity index (χ2n) is 4.71. The number of nitriles is 1. The maximum Gasteiger partial charge on any atom is 0.230 e. The zero-order valence-electron chi connectivity index (χ0n) is 10.2. The van der Waals surface area contributed by atoms with Crippen molar-refractivity contribution >= 4 is 5.91 Å². The first-order valence-electron chi connectivity index (χ1n) is 5.98. The van der Waals surface area contributed by atoms with Gasteiger partial charge in [-0.2, -0.15) is 5.26 Å². The molecule has 0 aromatic rings. The van der Waals surface area contributed by atoms with Crippen molar-refractivity contribution in [1.82, 2.24) is 4.90 Å². The molecule has 1 aliphatic carbocycles. The van der Waals surface area contributed by atoms with Crippen molar-refractivity contribution in [2.24, 2.45) is 11.1 Å². The normalized spacial score (nSPS) is 28.8. The van der Waals surface area contributed by atoms with E-state index in [0.29, 0.717) is 19.5 Å². The summed E-state index contributed by atoms with van der Waals surface area (Å²) in [5.74, 6) is 0.121. The highest BCUT2D eigenvalue weighted by atomic mass is 16.2. The van der Waals surface area contributed by atoms with Crippen molar-refractivity contribution < 1.29 is 4.79 Å². The Kier molecular flexibility index (Phi) is 4.31. The zero-order valence-corrected chi connectivity index (χ0v) is 10.2. The van der Waals surface area contributed by atoms with Crippen molar-refractivity contribution in [3.8, 4) is 6.07 Å². The summed E-state index contributed by atoms with van der Waals surface area (Å²) in [4.78, 5) is 14.1. The zero-order chi connectivity index (χ0) is 12.2. The highest BCUT2D eigenvalue weighted by Crippen LogP contribution is 2.38. The quantitative estimate of drug-likeness (QED) is 0.780. The summed E-state index contributed by atoms with van der Waals surface area (Å²) in [6, 6.07) is 2.05. The first-order chi connectivity index (χ1) is 7.56. The average molecular weight is 223 g/mol. The molecule has 4 nitrogen and oxygen atoms in total. The van der Waals surface area contributed by atoms with Gasteiger partial charge in [0.2, 0.25) is 5.91 Å². The minimum Gasteiger partial charge on any atom is -0.341 e. The molecule has 90 valence electrons. The van der Waals surface area contributed by atoms with Crippen LogP contribution in [-0.4, -0.2) is 29.9 Å². The van der Waals surface area contributed by atoms with Crippen molar-refractivity contribution in [2.45, 2.75) is 45.6 Å². The van der Waals surface area contributed by atoms with Gasteiger partial charge in [0.1, 0.15) is 0 Å². The van der Waals surface area contributed by atoms with E-state index in [2.05, 4.69) is 6.07 Å². The monoisotopic (exact) mass is 223 g/mol. The SMILES string of the molecule is CCN(CCC#N)C(=O)C1(C)CCCC1N. The lowest BCUT2D eigenvalue weighted by atomic mass is 9.83. The van der Waals surface area contributed by atoms with E-state index in [0.717, 1.165) is 19.3 Å². The standard InChI is InChI=1S/C12H21N3O/c1-3-15(9-5-8-13)11(16)12(2)7-4-6-10(12)14/h10H,3-7,9,14H2,1-2H3. The van der Waals surface area contributed by atoms with Gasteiger partial charge in [-0.1, -0.05) is 6.42 Å². The van der Waals surface area contributed by atoms with Gasteiger partial charge in [0.05, 0.1) is 17.9 Å². The number of carbonyl (C=O) groups excluding carboxylic acids is 1. The van der Waals surface area contributed by atoms with E-state index in [9.17, 15) is 4.79 Å². The molecule has 0 spiro atoms. The van der Waals surface area contributed by atoms with Crippen molar-refractivity contribution in [3.63, 3.8) is 0 Å². The fourth-order valence-corrected chi connectivity index (χ4v) is 2.41. The molecule has 0 aromatic carbocycles. The minimum atomic E-state index is -0.411. The molecule has 0 radical (unpaired) electrons. The molecular weight excluding hydrogens is 202 g/mol. The number of hydrogen-bond acceptors (Lipinski definition) is 3. The molecule has 0 aliphatic heterocycles. The van der Waals surface area contributed by atoms with E-state index in [1.807, 2.05) is 13.8 Å². The van der Waals surface area contributed by atoms with E-state index in [1.54, 1.807) is 4.90 Å². The molecular formula is C12H21N3O. The summed E-state index contributed by atoms with van der Waals surface area (Å²) in [7, 11) is 0. The van der Waals surface area contributed by atoms with Gasteiger partial charge >= 0.3 is 0 Å². The van der Waals surface area contributed by atoms with Crippen molar-refractivity contribution in [2.75, 3.05) is 13.1 Å². The Balaban J connectivity index is 2.71. The molecule has 1 amide bonds. The second kappa shape index (κ2) is 5.31. The van der Waals surface area contributed by atoms with Crippen LogP contribution in [0.4, 0.5) is 0 Å². The van der Waals surface area contributed by atoms with Gasteiger partial charge in [0.15, 0.2) is 0 Å². The van der Waals surface area contributed by atoms with Crippen LogP contribution in [0.2, 0.25) is 0 Å². The average Bonchev–Trinajstić information content (AvgIpc) is 2.61. The molecule has 0 aromatic heterocycles. The fourth-order valence-electron chi connectivity index (χ4n) is 2.41. The molecule has 2 unspecified atom stereocenters. The predicted molar refractivity (Wildman–Crippen MR) is 62.4 cm³/mol. The van der Waals surface area contributed by atoms with Crippen LogP contribution < -0.4 is 5.73 Å². The van der Waals surface area contributed by atoms with Crippen LogP contribution in [0.25, 0.3) is 0 Å². The topological polar surface area (TPSA) is 70.1 Å². The third-order valence-corrected chi connectivity index (χ3v) is 3.68. The maximum atomic E-state index is 12.4. The van der Waals surface area contributed by atoms with Crippen LogP contribution >= 0.6 is 0 Å². The van der Waals surface area contributed by atoms with Crippen LogP contribution in [0.5, 0.6) is 0 Å². The summed E-state index contributed by atoms with van der Waals surface area (Å²) in [6.45, 7) is 5.08. The highest BCUT2D eigenvalue weighted by molar-refractivity contribution is 5.83. The van der Waals surface area contributed by atoms with E-state index in [4.69, 9.17) is 11.0 Å². The predicted octanol–water partition coefficient (Wildman–Crippen LogP) is 1.27. The third-order valence-electron chi connectivity index (χ3n) is 3.68. The molecule has 1 aliphatic rings. The Bertz CT molecular complexity index is 297. The Morgan fingerprint density at radius 2 is 2.38 bits per heavy atom. The Morgan fingerprint density at radius 3 is 2.81 bits per heavy atom. The fraction of sp³-hybridized carbons (Fsp3) is 0.833. The first kappa shape index (κ1) is 13.0. The number of nitrogens with two attached hydrogens (primary N) is 1. The van der Waals surface area contributed by atoms with Gasteiger partial charge in [0.25, 0.3) is 0 Å². The van der Waals surface area contributed by atoms with E-state index in [-0.39, 0.29) is 11.9 Å². The van der Waals surface area contributed by atoms with Crippen molar-refractivity contribution in [3.05, 3.63) is 0 Å². The highest BCUT2D eigenvalue weighted by Gasteiger charge is 2.44. The first-order valence-corrected chi connectivity index (χ1v) is 5.98. The molecule has 1 saturated carbocycles. The number of amides is 1. The Labute approximate surface area is 97.4 Å². The number of hydrogen-bond donors (Lipinski definition) is 1. The molecule has 0 bridgehead atoms. The molecule has 0 saturated heterocycles. The van der Waals surface area contributed by atoms with Crippen LogP contribution in [0.1, 0.15) is 39.5 Å². The molecule has 2 N–H and O–H groups in total. The van der Waals surface area contributed by atoms with Crippen LogP contribution in [0, 0.1) is 16.7 Å². The largest absolute Gasteiger partial charge is 0.341 e. The molecule has 0 heterocycles. The molecule has 16 heavy (non-hydrogen) atoms. The summed E-state index contributed by atoms with van der Waals surface area (Å²) in [5.41, 5.74) is 5.61. The maximum absolute atomic E-state index is 12.4. The van der Waals surface area contributed by atoms with Gasteiger partial charge < -0.3 is 10.6 Å². The lowest BCUT2D eigenvalue weighted by Crippen LogP contribution is -2.49. The summed E-state index contributed by atoms with van der Waals surface area (Å²) >= 11 is 0. The minimum absolute atomic E-state index is 0.0314. The van der Waals surface area contributed by atoms with Crippen LogP contribution in [0.3, 0.4) is 0 Å². The molecule has 1 rings (SSSR count). The molecule has 1 fully saturated rings. The smallest absolute Gasteiger partial charge is 0.230 e.